The molecule has 0 aliphatic heterocycles. The number of unbranched alkanes of at least 4 members (excludes halogenated alkanes) is 1. The lowest BCUT2D eigenvalue weighted by molar-refractivity contribution is 0.245. The number of amides is 2. The van der Waals surface area contributed by atoms with Gasteiger partial charge in [0.15, 0.2) is 0 Å². The van der Waals surface area contributed by atoms with Crippen LogP contribution >= 0.6 is 0 Å². The summed E-state index contributed by atoms with van der Waals surface area (Å²) >= 11 is 0. The third-order valence-corrected chi connectivity index (χ3v) is 1.95. The molecule has 0 radical (unpaired) electrons. The number of carbonyl (C=O) groups excluding carboxylic acids is 1. The molecule has 6 heteroatoms. The molecule has 0 saturated heterocycles. The zero-order chi connectivity index (χ0) is 12.5. The van der Waals surface area contributed by atoms with Gasteiger partial charge in [0.2, 0.25) is 5.96 Å². The number of carbonyl (C=O) groups is 1. The summed E-state index contributed by atoms with van der Waals surface area (Å²) < 4.78 is 0. The van der Waals surface area contributed by atoms with Gasteiger partial charge < -0.3 is 11.1 Å². The van der Waals surface area contributed by atoms with Gasteiger partial charge in [0.1, 0.15) is 0 Å². The molecule has 0 aromatic carbocycles. The van der Waals surface area contributed by atoms with Crippen molar-refractivity contribution in [3.05, 3.63) is 24.5 Å². The molecule has 1 aromatic rings. The van der Waals surface area contributed by atoms with Crippen LogP contribution in [0.1, 0.15) is 19.8 Å². The SMILES string of the molecule is CCCCNC(=O)NC(N)=Nc1cccnc1. The van der Waals surface area contributed by atoms with E-state index in [9.17, 15) is 4.79 Å². The standard InChI is InChI=1S/C11H17N5O/c1-2-3-7-14-11(17)16-10(12)15-9-5-4-6-13-8-9/h4-6,8H,2-3,7H2,1H3,(H4,12,14,15,16,17). The van der Waals surface area contributed by atoms with Crippen molar-refractivity contribution in [2.75, 3.05) is 6.54 Å². The van der Waals surface area contributed by atoms with Crippen molar-refractivity contribution in [1.82, 2.24) is 15.6 Å². The third-order valence-electron chi connectivity index (χ3n) is 1.95. The van der Waals surface area contributed by atoms with Crippen LogP contribution in [0.15, 0.2) is 29.5 Å². The van der Waals surface area contributed by atoms with Gasteiger partial charge in [0.05, 0.1) is 11.9 Å². The molecule has 92 valence electrons. The van der Waals surface area contributed by atoms with Gasteiger partial charge in [-0.1, -0.05) is 13.3 Å². The zero-order valence-electron chi connectivity index (χ0n) is 9.81. The lowest BCUT2D eigenvalue weighted by Crippen LogP contribution is -2.43. The van der Waals surface area contributed by atoms with Gasteiger partial charge in [-0.2, -0.15) is 0 Å². The van der Waals surface area contributed by atoms with Crippen LogP contribution in [0.3, 0.4) is 0 Å². The Morgan fingerprint density at radius 2 is 2.41 bits per heavy atom. The molecular weight excluding hydrogens is 218 g/mol. The summed E-state index contributed by atoms with van der Waals surface area (Å²) in [6, 6.07) is 3.15. The number of hydrogen-bond donors (Lipinski definition) is 3. The fourth-order valence-corrected chi connectivity index (χ4v) is 1.13. The lowest BCUT2D eigenvalue weighted by atomic mass is 10.3. The maximum absolute atomic E-state index is 11.3. The van der Waals surface area contributed by atoms with Gasteiger partial charge in [-0.05, 0) is 18.6 Å². The monoisotopic (exact) mass is 235 g/mol. The minimum absolute atomic E-state index is 0.0481. The summed E-state index contributed by atoms with van der Waals surface area (Å²) in [5.74, 6) is 0.0481. The smallest absolute Gasteiger partial charge is 0.321 e. The van der Waals surface area contributed by atoms with E-state index >= 15 is 0 Å². The van der Waals surface area contributed by atoms with E-state index in [4.69, 9.17) is 5.73 Å². The van der Waals surface area contributed by atoms with E-state index in [0.717, 1.165) is 12.8 Å². The van der Waals surface area contributed by atoms with Gasteiger partial charge in [0, 0.05) is 12.7 Å². The van der Waals surface area contributed by atoms with E-state index < -0.39 is 0 Å². The fraction of sp³-hybridized carbons (Fsp3) is 0.364. The molecule has 0 bridgehead atoms. The molecule has 0 atom stereocenters. The lowest BCUT2D eigenvalue weighted by Gasteiger charge is -2.05. The molecule has 0 aliphatic rings. The summed E-state index contributed by atoms with van der Waals surface area (Å²) in [6.45, 7) is 2.68. The number of aromatic nitrogens is 1. The van der Waals surface area contributed by atoms with Crippen LogP contribution < -0.4 is 16.4 Å². The van der Waals surface area contributed by atoms with E-state index in [1.165, 1.54) is 0 Å². The molecule has 0 spiro atoms. The third kappa shape index (κ3) is 5.50. The van der Waals surface area contributed by atoms with Gasteiger partial charge >= 0.3 is 6.03 Å². The number of pyridine rings is 1. The van der Waals surface area contributed by atoms with Crippen molar-refractivity contribution in [2.45, 2.75) is 19.8 Å². The summed E-state index contributed by atoms with van der Waals surface area (Å²) in [6.07, 6.45) is 5.16. The molecule has 1 aromatic heterocycles. The largest absolute Gasteiger partial charge is 0.369 e. The Balaban J connectivity index is 2.41. The predicted octanol–water partition coefficient (Wildman–Crippen LogP) is 1.13. The maximum atomic E-state index is 11.3. The number of rotatable bonds is 4. The molecular formula is C11H17N5O. The quantitative estimate of drug-likeness (QED) is 0.415. The van der Waals surface area contributed by atoms with Gasteiger partial charge in [-0.15, -0.1) is 0 Å². The maximum Gasteiger partial charge on any atom is 0.321 e. The molecule has 0 unspecified atom stereocenters. The summed E-state index contributed by atoms with van der Waals surface area (Å²) in [4.78, 5) is 19.2. The van der Waals surface area contributed by atoms with E-state index in [-0.39, 0.29) is 12.0 Å². The molecule has 0 aliphatic carbocycles. The van der Waals surface area contributed by atoms with Crippen LogP contribution in [0.5, 0.6) is 0 Å². The van der Waals surface area contributed by atoms with Crippen molar-refractivity contribution >= 4 is 17.7 Å². The predicted molar refractivity (Wildman–Crippen MR) is 67.0 cm³/mol. The zero-order valence-corrected chi connectivity index (χ0v) is 9.81. The molecule has 0 fully saturated rings. The number of nitrogens with two attached hydrogens (primary N) is 1. The van der Waals surface area contributed by atoms with Crippen LogP contribution in [0.2, 0.25) is 0 Å². The molecule has 1 heterocycles. The number of nitrogens with one attached hydrogen (secondary N) is 2. The first-order valence-electron chi connectivity index (χ1n) is 5.51. The molecule has 17 heavy (non-hydrogen) atoms. The van der Waals surface area contributed by atoms with Gasteiger partial charge in [-0.25, -0.2) is 9.79 Å². The first-order chi connectivity index (χ1) is 8.22. The number of hydrogen-bond acceptors (Lipinski definition) is 3. The fourth-order valence-electron chi connectivity index (χ4n) is 1.13. The highest BCUT2D eigenvalue weighted by atomic mass is 16.2. The second-order valence-corrected chi connectivity index (χ2v) is 3.44. The van der Waals surface area contributed by atoms with E-state index in [1.54, 1.807) is 24.5 Å². The highest BCUT2D eigenvalue weighted by Crippen LogP contribution is 2.06. The first kappa shape index (κ1) is 13.0. The van der Waals surface area contributed by atoms with Crippen LogP contribution in [0, 0.1) is 0 Å². The normalized spacial score (nSPS) is 11.0. The Bertz CT molecular complexity index is 377. The Kier molecular flexibility index (Phi) is 5.50. The average molecular weight is 235 g/mol. The minimum atomic E-state index is -0.344. The second-order valence-electron chi connectivity index (χ2n) is 3.44. The number of guanidine groups is 1. The van der Waals surface area contributed by atoms with Gasteiger partial charge in [-0.3, -0.25) is 10.3 Å². The van der Waals surface area contributed by atoms with Crippen molar-refractivity contribution in [2.24, 2.45) is 10.7 Å². The Labute approximate surface area is 100 Å². The first-order valence-corrected chi connectivity index (χ1v) is 5.51. The second kappa shape index (κ2) is 7.21. The number of urea groups is 1. The van der Waals surface area contributed by atoms with E-state index in [0.29, 0.717) is 12.2 Å². The van der Waals surface area contributed by atoms with Gasteiger partial charge in [0.25, 0.3) is 0 Å². The number of nitrogens with zero attached hydrogens (tertiary/aromatic N) is 2. The van der Waals surface area contributed by atoms with Crippen molar-refractivity contribution < 1.29 is 4.79 Å². The number of aliphatic imine (C=N–C) groups is 1. The summed E-state index contributed by atoms with van der Waals surface area (Å²) in [7, 11) is 0. The highest BCUT2D eigenvalue weighted by molar-refractivity contribution is 5.96. The van der Waals surface area contributed by atoms with Crippen molar-refractivity contribution in [3.8, 4) is 0 Å². The van der Waals surface area contributed by atoms with Crippen LogP contribution in [-0.2, 0) is 0 Å². The molecule has 4 N–H and O–H groups in total. The summed E-state index contributed by atoms with van der Waals surface area (Å²) in [5.41, 5.74) is 6.16. The van der Waals surface area contributed by atoms with E-state index in [1.807, 2.05) is 0 Å². The Morgan fingerprint density at radius 1 is 1.59 bits per heavy atom. The van der Waals surface area contributed by atoms with Crippen LogP contribution in [0.4, 0.5) is 10.5 Å². The van der Waals surface area contributed by atoms with Crippen molar-refractivity contribution in [1.29, 1.82) is 0 Å². The van der Waals surface area contributed by atoms with E-state index in [2.05, 4.69) is 27.5 Å². The molecule has 6 nitrogen and oxygen atoms in total. The Morgan fingerprint density at radius 3 is 3.06 bits per heavy atom. The molecule has 2 amide bonds. The Hall–Kier alpha value is -2.11. The van der Waals surface area contributed by atoms with Crippen LogP contribution in [0.25, 0.3) is 0 Å². The topological polar surface area (TPSA) is 92.4 Å². The highest BCUT2D eigenvalue weighted by Gasteiger charge is 2.01. The molecule has 1 rings (SSSR count). The van der Waals surface area contributed by atoms with Crippen molar-refractivity contribution in [3.63, 3.8) is 0 Å². The molecule has 0 saturated carbocycles. The minimum Gasteiger partial charge on any atom is -0.369 e. The summed E-state index contributed by atoms with van der Waals surface area (Å²) in [5, 5.41) is 5.11. The average Bonchev–Trinajstić information content (AvgIpc) is 2.30. The van der Waals surface area contributed by atoms with Crippen LogP contribution in [-0.4, -0.2) is 23.5 Å².